The molecule has 0 aromatic heterocycles. The van der Waals surface area contributed by atoms with Crippen molar-refractivity contribution in [2.45, 2.75) is 26.4 Å². The molecular formula is C19H33ClIN5. The standard InChI is InChI=1S/C19H32ClN5.HI/c1-15(2)18(25-10-8-24(4)9-11-25)14-23-19(21-3)22-13-16-6-5-7-17(20)12-16;/h5-7,12,15,18H,8-11,13-14H2,1-4H3,(H2,21,22,23);1H. The number of nitrogens with zero attached hydrogens (tertiary/aromatic N) is 3. The highest BCUT2D eigenvalue weighted by Crippen LogP contribution is 2.13. The van der Waals surface area contributed by atoms with Crippen LogP contribution in [-0.4, -0.2) is 68.6 Å². The van der Waals surface area contributed by atoms with E-state index in [9.17, 15) is 0 Å². The maximum atomic E-state index is 6.05. The number of hydrogen-bond acceptors (Lipinski definition) is 3. The molecule has 0 aliphatic carbocycles. The Morgan fingerprint density at radius 3 is 2.46 bits per heavy atom. The lowest BCUT2D eigenvalue weighted by atomic mass is 10.0. The first-order chi connectivity index (χ1) is 12.0. The summed E-state index contributed by atoms with van der Waals surface area (Å²) in [6.45, 7) is 10.8. The van der Waals surface area contributed by atoms with Crippen molar-refractivity contribution in [2.75, 3.05) is 46.8 Å². The zero-order valence-corrected chi connectivity index (χ0v) is 19.4. The van der Waals surface area contributed by atoms with E-state index in [2.05, 4.69) is 52.4 Å². The maximum absolute atomic E-state index is 6.05. The third-order valence-electron chi connectivity index (χ3n) is 4.83. The first-order valence-electron chi connectivity index (χ1n) is 9.11. The molecule has 0 bridgehead atoms. The van der Waals surface area contributed by atoms with Crippen LogP contribution in [0.2, 0.25) is 5.02 Å². The number of guanidine groups is 1. The molecule has 2 N–H and O–H groups in total. The second-order valence-corrected chi connectivity index (χ2v) is 7.52. The number of likely N-dealkylation sites (N-methyl/N-ethyl adjacent to an activating group) is 1. The summed E-state index contributed by atoms with van der Waals surface area (Å²) in [4.78, 5) is 9.34. The van der Waals surface area contributed by atoms with Gasteiger partial charge in [-0.25, -0.2) is 0 Å². The number of hydrogen-bond donors (Lipinski definition) is 2. The van der Waals surface area contributed by atoms with E-state index in [1.165, 1.54) is 0 Å². The lowest BCUT2D eigenvalue weighted by Crippen LogP contribution is -2.55. The summed E-state index contributed by atoms with van der Waals surface area (Å²) in [5.41, 5.74) is 1.15. The minimum atomic E-state index is 0. The van der Waals surface area contributed by atoms with Crippen LogP contribution in [0.25, 0.3) is 0 Å². The molecule has 2 rings (SSSR count). The number of piperazine rings is 1. The second-order valence-electron chi connectivity index (χ2n) is 7.09. The largest absolute Gasteiger partial charge is 0.355 e. The van der Waals surface area contributed by atoms with Crippen molar-refractivity contribution >= 4 is 41.5 Å². The molecule has 1 aromatic rings. The summed E-state index contributed by atoms with van der Waals surface area (Å²) in [7, 11) is 4.01. The van der Waals surface area contributed by atoms with Crippen LogP contribution in [-0.2, 0) is 6.54 Å². The van der Waals surface area contributed by atoms with Crippen molar-refractivity contribution in [3.63, 3.8) is 0 Å². The van der Waals surface area contributed by atoms with E-state index in [1.54, 1.807) is 0 Å². The van der Waals surface area contributed by atoms with Crippen molar-refractivity contribution in [2.24, 2.45) is 10.9 Å². The maximum Gasteiger partial charge on any atom is 0.191 e. The Morgan fingerprint density at radius 1 is 1.19 bits per heavy atom. The highest BCUT2D eigenvalue weighted by molar-refractivity contribution is 14.0. The molecule has 1 fully saturated rings. The van der Waals surface area contributed by atoms with Gasteiger partial charge < -0.3 is 15.5 Å². The minimum absolute atomic E-state index is 0. The van der Waals surface area contributed by atoms with E-state index in [0.29, 0.717) is 18.5 Å². The van der Waals surface area contributed by atoms with Gasteiger partial charge in [-0.1, -0.05) is 37.6 Å². The number of rotatable bonds is 6. The van der Waals surface area contributed by atoms with E-state index in [0.717, 1.165) is 49.3 Å². The van der Waals surface area contributed by atoms with Gasteiger partial charge in [-0.15, -0.1) is 24.0 Å². The van der Waals surface area contributed by atoms with Gasteiger partial charge in [-0.2, -0.15) is 0 Å². The average molecular weight is 494 g/mol. The topological polar surface area (TPSA) is 42.9 Å². The van der Waals surface area contributed by atoms with Crippen LogP contribution in [0.1, 0.15) is 19.4 Å². The van der Waals surface area contributed by atoms with Gasteiger partial charge in [0.1, 0.15) is 0 Å². The molecule has 0 saturated carbocycles. The Morgan fingerprint density at radius 2 is 1.88 bits per heavy atom. The Bertz CT molecular complexity index is 559. The molecule has 1 heterocycles. The van der Waals surface area contributed by atoms with Crippen LogP contribution in [0.4, 0.5) is 0 Å². The summed E-state index contributed by atoms with van der Waals surface area (Å²) in [5, 5.41) is 7.63. The summed E-state index contributed by atoms with van der Waals surface area (Å²) in [5.74, 6) is 1.43. The SMILES string of the molecule is CN=C(NCc1cccc(Cl)c1)NCC(C(C)C)N1CCN(C)CC1.I. The van der Waals surface area contributed by atoms with Gasteiger partial charge in [0, 0.05) is 57.4 Å². The first kappa shape index (κ1) is 23.5. The monoisotopic (exact) mass is 493 g/mol. The quantitative estimate of drug-likeness (QED) is 0.363. The normalized spacial score (nSPS) is 17.7. The Labute approximate surface area is 180 Å². The highest BCUT2D eigenvalue weighted by atomic mass is 127. The number of aliphatic imine (C=N–C) groups is 1. The van der Waals surface area contributed by atoms with Crippen molar-refractivity contribution in [1.29, 1.82) is 0 Å². The minimum Gasteiger partial charge on any atom is -0.355 e. The van der Waals surface area contributed by atoms with Crippen molar-refractivity contribution in [3.05, 3.63) is 34.9 Å². The Kier molecular flexibility index (Phi) is 10.8. The van der Waals surface area contributed by atoms with E-state index in [1.807, 2.05) is 25.2 Å². The van der Waals surface area contributed by atoms with Crippen molar-refractivity contribution in [1.82, 2.24) is 20.4 Å². The molecular weight excluding hydrogens is 461 g/mol. The van der Waals surface area contributed by atoms with Crippen molar-refractivity contribution in [3.8, 4) is 0 Å². The molecule has 1 saturated heterocycles. The predicted octanol–water partition coefficient (Wildman–Crippen LogP) is 2.90. The number of benzene rings is 1. The van der Waals surface area contributed by atoms with E-state index >= 15 is 0 Å². The fourth-order valence-electron chi connectivity index (χ4n) is 3.19. The fraction of sp³-hybridized carbons (Fsp3) is 0.632. The van der Waals surface area contributed by atoms with E-state index in [4.69, 9.17) is 11.6 Å². The van der Waals surface area contributed by atoms with Gasteiger partial charge in [-0.3, -0.25) is 9.89 Å². The summed E-state index contributed by atoms with van der Waals surface area (Å²) in [6.07, 6.45) is 0. The Balaban J connectivity index is 0.00000338. The van der Waals surface area contributed by atoms with Gasteiger partial charge >= 0.3 is 0 Å². The average Bonchev–Trinajstić information content (AvgIpc) is 2.59. The van der Waals surface area contributed by atoms with Crippen LogP contribution >= 0.6 is 35.6 Å². The first-order valence-corrected chi connectivity index (χ1v) is 9.49. The second kappa shape index (κ2) is 12.0. The molecule has 1 aromatic carbocycles. The molecule has 7 heteroatoms. The van der Waals surface area contributed by atoms with Crippen LogP contribution in [0.3, 0.4) is 0 Å². The van der Waals surface area contributed by atoms with E-state index < -0.39 is 0 Å². The summed E-state index contributed by atoms with van der Waals surface area (Å²) < 4.78 is 0. The molecule has 1 aliphatic rings. The summed E-state index contributed by atoms with van der Waals surface area (Å²) >= 11 is 6.05. The van der Waals surface area contributed by atoms with Crippen LogP contribution in [0.15, 0.2) is 29.3 Å². The lowest BCUT2D eigenvalue weighted by molar-refractivity contribution is 0.0900. The molecule has 0 spiro atoms. The Hall–Kier alpha value is -0.570. The molecule has 0 amide bonds. The van der Waals surface area contributed by atoms with Crippen LogP contribution in [0.5, 0.6) is 0 Å². The van der Waals surface area contributed by atoms with Gasteiger partial charge in [0.15, 0.2) is 5.96 Å². The van der Waals surface area contributed by atoms with Gasteiger partial charge in [0.05, 0.1) is 0 Å². The molecule has 1 unspecified atom stereocenters. The third-order valence-corrected chi connectivity index (χ3v) is 5.06. The number of nitrogens with one attached hydrogen (secondary N) is 2. The number of halogens is 2. The lowest BCUT2D eigenvalue weighted by Gasteiger charge is -2.40. The highest BCUT2D eigenvalue weighted by Gasteiger charge is 2.24. The molecule has 148 valence electrons. The molecule has 0 radical (unpaired) electrons. The van der Waals surface area contributed by atoms with Gasteiger partial charge in [0.2, 0.25) is 0 Å². The molecule has 26 heavy (non-hydrogen) atoms. The van der Waals surface area contributed by atoms with Crippen molar-refractivity contribution < 1.29 is 0 Å². The van der Waals surface area contributed by atoms with E-state index in [-0.39, 0.29) is 24.0 Å². The summed E-state index contributed by atoms with van der Waals surface area (Å²) in [6, 6.07) is 8.41. The van der Waals surface area contributed by atoms with Gasteiger partial charge in [-0.05, 0) is 30.7 Å². The molecule has 1 aliphatic heterocycles. The third kappa shape index (κ3) is 7.58. The zero-order valence-electron chi connectivity index (χ0n) is 16.3. The van der Waals surface area contributed by atoms with Gasteiger partial charge in [0.25, 0.3) is 0 Å². The molecule has 5 nitrogen and oxygen atoms in total. The molecule has 1 atom stereocenters. The zero-order chi connectivity index (χ0) is 18.2. The van der Waals surface area contributed by atoms with Crippen LogP contribution < -0.4 is 10.6 Å². The fourth-order valence-corrected chi connectivity index (χ4v) is 3.41. The predicted molar refractivity (Wildman–Crippen MR) is 123 cm³/mol. The smallest absolute Gasteiger partial charge is 0.191 e. The van der Waals surface area contributed by atoms with Crippen LogP contribution in [0, 0.1) is 5.92 Å².